The molecule has 5 rings (SSSR count). The number of pyridine rings is 1. The van der Waals surface area contributed by atoms with Gasteiger partial charge in [-0.05, 0) is 80.7 Å². The molecule has 1 aromatic carbocycles. The quantitative estimate of drug-likeness (QED) is 0.248. The van der Waals surface area contributed by atoms with E-state index in [1.807, 2.05) is 25.3 Å². The lowest BCUT2D eigenvalue weighted by molar-refractivity contribution is 0.103. The number of aromatic amines is 1. The van der Waals surface area contributed by atoms with Gasteiger partial charge in [-0.2, -0.15) is 12.7 Å². The molecule has 0 unspecified atom stereocenters. The van der Waals surface area contributed by atoms with Crippen LogP contribution in [0.25, 0.3) is 11.6 Å². The first kappa shape index (κ1) is 26.0. The zero-order chi connectivity index (χ0) is 27.0. The minimum absolute atomic E-state index is 0.194. The molecule has 38 heavy (non-hydrogen) atoms. The molecule has 0 spiro atoms. The summed E-state index contributed by atoms with van der Waals surface area (Å²) in [4.78, 5) is 25.0. The third-order valence-electron chi connectivity index (χ3n) is 7.00. The first-order valence-corrected chi connectivity index (χ1v) is 14.0. The normalized spacial score (nSPS) is 16.1. The van der Waals surface area contributed by atoms with Crippen molar-refractivity contribution < 1.29 is 17.6 Å². The van der Waals surface area contributed by atoms with Gasteiger partial charge in [-0.25, -0.2) is 9.38 Å². The Morgan fingerprint density at radius 1 is 1.24 bits per heavy atom. The molecule has 2 heterocycles. The summed E-state index contributed by atoms with van der Waals surface area (Å²) in [5.41, 5.74) is 2.93. The van der Waals surface area contributed by atoms with E-state index in [-0.39, 0.29) is 16.8 Å². The summed E-state index contributed by atoms with van der Waals surface area (Å²) in [7, 11) is -2.52. The molecule has 2 saturated carbocycles. The Morgan fingerprint density at radius 3 is 2.63 bits per heavy atom. The standard InChI is InChI=1S/C28H30FN5O3S/c1-17(20-11-12-24(31-14-20)19-9-10-19)13-22-23(15-32-28(22)30-2)27(35)21-5-4-6-25(26(21)29)33-38(36,37)34(3)16-18-7-8-18/h4-6,11-15,18-19,32-33H,2,7-10,16H2,1,3H3/b17-13+. The summed E-state index contributed by atoms with van der Waals surface area (Å²) >= 11 is 0. The topological polar surface area (TPSA) is 108 Å². The summed E-state index contributed by atoms with van der Waals surface area (Å²) in [6.07, 6.45) is 9.36. The highest BCUT2D eigenvalue weighted by atomic mass is 32.2. The van der Waals surface area contributed by atoms with Gasteiger partial charge in [0.25, 0.3) is 0 Å². The van der Waals surface area contributed by atoms with Gasteiger partial charge in [-0.1, -0.05) is 12.1 Å². The average molecular weight is 536 g/mol. The highest BCUT2D eigenvalue weighted by molar-refractivity contribution is 7.90. The Bertz CT molecular complexity index is 1520. The van der Waals surface area contributed by atoms with Crippen LogP contribution in [0.3, 0.4) is 0 Å². The van der Waals surface area contributed by atoms with Gasteiger partial charge in [-0.15, -0.1) is 0 Å². The van der Waals surface area contributed by atoms with Gasteiger partial charge in [0.1, 0.15) is 5.82 Å². The summed E-state index contributed by atoms with van der Waals surface area (Å²) in [6, 6.07) is 8.09. The van der Waals surface area contributed by atoms with E-state index in [1.54, 1.807) is 6.08 Å². The minimum atomic E-state index is -3.97. The number of anilines is 1. The molecule has 0 aliphatic heterocycles. The van der Waals surface area contributed by atoms with E-state index in [2.05, 4.69) is 26.4 Å². The number of nitrogens with one attached hydrogen (secondary N) is 2. The highest BCUT2D eigenvalue weighted by Gasteiger charge is 2.29. The van der Waals surface area contributed by atoms with E-state index in [9.17, 15) is 13.2 Å². The number of halogens is 1. The molecule has 0 atom stereocenters. The van der Waals surface area contributed by atoms with E-state index >= 15 is 4.39 Å². The molecule has 0 radical (unpaired) electrons. The van der Waals surface area contributed by atoms with Crippen LogP contribution < -0.4 is 4.72 Å². The predicted octanol–water partition coefficient (Wildman–Crippen LogP) is 5.55. The predicted molar refractivity (Wildman–Crippen MR) is 147 cm³/mol. The zero-order valence-corrected chi connectivity index (χ0v) is 22.2. The molecule has 3 aromatic rings. The molecular weight excluding hydrogens is 505 g/mol. The Morgan fingerprint density at radius 2 is 2.00 bits per heavy atom. The summed E-state index contributed by atoms with van der Waals surface area (Å²) < 4.78 is 44.4. The van der Waals surface area contributed by atoms with Gasteiger partial charge in [-0.3, -0.25) is 14.5 Å². The molecule has 8 nitrogen and oxygen atoms in total. The number of allylic oxidation sites excluding steroid dienone is 1. The molecule has 2 fully saturated rings. The van der Waals surface area contributed by atoms with Crippen molar-refractivity contribution in [3.63, 3.8) is 0 Å². The van der Waals surface area contributed by atoms with Gasteiger partial charge in [0.05, 0.1) is 11.3 Å². The second-order valence-corrected chi connectivity index (χ2v) is 11.8. The molecular formula is C28H30FN5O3S. The van der Waals surface area contributed by atoms with Crippen molar-refractivity contribution >= 4 is 45.9 Å². The van der Waals surface area contributed by atoms with Crippen molar-refractivity contribution in [2.24, 2.45) is 10.9 Å². The minimum Gasteiger partial charge on any atom is -0.345 e. The lowest BCUT2D eigenvalue weighted by atomic mass is 9.98. The Kier molecular flexibility index (Phi) is 7.02. The number of benzene rings is 1. The van der Waals surface area contributed by atoms with Gasteiger partial charge in [0.15, 0.2) is 11.6 Å². The maximum absolute atomic E-state index is 15.5. The fraction of sp³-hybridized carbons (Fsp3) is 0.321. The maximum Gasteiger partial charge on any atom is 0.301 e. The highest BCUT2D eigenvalue weighted by Crippen LogP contribution is 2.39. The van der Waals surface area contributed by atoms with E-state index in [0.717, 1.165) is 29.7 Å². The number of H-pyrrole nitrogens is 1. The Balaban J connectivity index is 1.43. The monoisotopic (exact) mass is 535 g/mol. The third-order valence-corrected chi connectivity index (χ3v) is 8.45. The van der Waals surface area contributed by atoms with Crippen molar-refractivity contribution in [3.8, 4) is 0 Å². The van der Waals surface area contributed by atoms with E-state index in [1.165, 1.54) is 48.6 Å². The molecule has 0 bridgehead atoms. The van der Waals surface area contributed by atoms with Crippen molar-refractivity contribution in [1.82, 2.24) is 14.3 Å². The van der Waals surface area contributed by atoms with Crippen LogP contribution in [-0.4, -0.2) is 48.8 Å². The first-order valence-electron chi connectivity index (χ1n) is 12.6. The van der Waals surface area contributed by atoms with Gasteiger partial charge >= 0.3 is 10.2 Å². The molecule has 2 aliphatic carbocycles. The first-order chi connectivity index (χ1) is 18.2. The van der Waals surface area contributed by atoms with E-state index in [0.29, 0.717) is 29.8 Å². The van der Waals surface area contributed by atoms with Gasteiger partial charge < -0.3 is 4.98 Å². The number of carbonyl (C=O) groups excluding carboxylic acids is 1. The molecule has 2 aromatic heterocycles. The summed E-state index contributed by atoms with van der Waals surface area (Å²) in [6.45, 7) is 5.84. The Hall–Kier alpha value is -3.63. The lowest BCUT2D eigenvalue weighted by Gasteiger charge is -2.18. The van der Waals surface area contributed by atoms with Crippen molar-refractivity contribution in [2.75, 3.05) is 18.3 Å². The molecule has 198 valence electrons. The summed E-state index contributed by atoms with van der Waals surface area (Å²) in [5, 5.41) is 0. The molecule has 0 saturated heterocycles. The lowest BCUT2D eigenvalue weighted by Crippen LogP contribution is -2.34. The smallest absolute Gasteiger partial charge is 0.301 e. The largest absolute Gasteiger partial charge is 0.345 e. The third kappa shape index (κ3) is 5.46. The number of aromatic nitrogens is 2. The average Bonchev–Trinajstić information content (AvgIpc) is 3.84. The van der Waals surface area contributed by atoms with Crippen LogP contribution in [0.1, 0.15) is 71.3 Å². The Labute approximate surface area is 221 Å². The SMILES string of the molecule is C=Nc1[nH]cc(C(=O)c2cccc(NS(=O)(=O)N(C)CC3CC3)c2F)c1/C=C(\C)c1ccc(C2CC2)nc1. The van der Waals surface area contributed by atoms with Crippen molar-refractivity contribution in [2.45, 2.75) is 38.5 Å². The second-order valence-electron chi connectivity index (χ2n) is 10.0. The molecule has 2 aliphatic rings. The van der Waals surface area contributed by atoms with E-state index < -0.39 is 21.8 Å². The van der Waals surface area contributed by atoms with Gasteiger partial charge in [0, 0.05) is 48.7 Å². The van der Waals surface area contributed by atoms with Crippen LogP contribution in [0.2, 0.25) is 0 Å². The molecule has 10 heteroatoms. The van der Waals surface area contributed by atoms with Crippen LogP contribution in [-0.2, 0) is 10.2 Å². The number of nitrogens with zero attached hydrogens (tertiary/aromatic N) is 3. The molecule has 0 amide bonds. The second kappa shape index (κ2) is 10.3. The van der Waals surface area contributed by atoms with E-state index in [4.69, 9.17) is 0 Å². The van der Waals surface area contributed by atoms with Crippen LogP contribution in [0, 0.1) is 11.7 Å². The van der Waals surface area contributed by atoms with Crippen LogP contribution >= 0.6 is 0 Å². The number of ketones is 1. The number of aliphatic imine (C=N–C) groups is 1. The fourth-order valence-corrected chi connectivity index (χ4v) is 5.36. The van der Waals surface area contributed by atoms with Crippen LogP contribution in [0.4, 0.5) is 15.9 Å². The number of hydrogen-bond acceptors (Lipinski definition) is 5. The zero-order valence-electron chi connectivity index (χ0n) is 21.4. The number of rotatable bonds is 11. The maximum atomic E-state index is 15.5. The van der Waals surface area contributed by atoms with Crippen molar-refractivity contribution in [1.29, 1.82) is 0 Å². The van der Waals surface area contributed by atoms with Crippen LogP contribution in [0.5, 0.6) is 0 Å². The number of hydrogen-bond donors (Lipinski definition) is 2. The summed E-state index contributed by atoms with van der Waals surface area (Å²) in [5.74, 6) is -0.303. The number of carbonyl (C=O) groups is 1. The van der Waals surface area contributed by atoms with Gasteiger partial charge in [0.2, 0.25) is 0 Å². The van der Waals surface area contributed by atoms with Crippen molar-refractivity contribution in [3.05, 3.63) is 76.5 Å². The fourth-order valence-electron chi connectivity index (χ4n) is 4.36. The molecule has 2 N–H and O–H groups in total. The van der Waals surface area contributed by atoms with Crippen LogP contribution in [0.15, 0.2) is 47.7 Å².